The summed E-state index contributed by atoms with van der Waals surface area (Å²) in [5.74, 6) is -1.61. The van der Waals surface area contributed by atoms with Gasteiger partial charge < -0.3 is 19.5 Å². The van der Waals surface area contributed by atoms with Crippen LogP contribution in [0.3, 0.4) is 0 Å². The van der Waals surface area contributed by atoms with E-state index in [0.29, 0.717) is 38.9 Å². The van der Waals surface area contributed by atoms with Gasteiger partial charge in [-0.05, 0) is 94.3 Å². The third-order valence-corrected chi connectivity index (χ3v) is 7.57. The van der Waals surface area contributed by atoms with Gasteiger partial charge in [0, 0.05) is 5.69 Å². The number of hydrogen-bond donors (Lipinski definition) is 1. The number of nitrogens with one attached hydrogen (secondary N) is 1. The van der Waals surface area contributed by atoms with Gasteiger partial charge in [0.1, 0.15) is 19.0 Å². The molecule has 0 bridgehead atoms. The average Bonchev–Trinajstić information content (AvgIpc) is 3.20. The molecule has 1 saturated heterocycles. The summed E-state index contributed by atoms with van der Waals surface area (Å²) in [7, 11) is 1.45. The number of hydrogen-bond acceptors (Lipinski definition) is 8. The molecule has 1 aliphatic rings. The molecule has 1 aliphatic heterocycles. The van der Waals surface area contributed by atoms with Crippen molar-refractivity contribution in [3.05, 3.63) is 91.5 Å². The van der Waals surface area contributed by atoms with Crippen molar-refractivity contribution in [3.63, 3.8) is 0 Å². The number of thioether (sulfide) groups is 1. The Morgan fingerprint density at radius 1 is 1.14 bits per heavy atom. The van der Waals surface area contributed by atoms with E-state index >= 15 is 0 Å². The molecule has 3 amide bonds. The number of methoxy groups -OCH3 is 1. The standard InChI is InChI=1S/C29H23BrClFN2O7S/c1-3-40-28(37)20-13-19(7-8-22(20)31)33-25(35)14-34-27(36)24(42-29(34)38)12-17-10-21(30)26(23(11-17)39-2)41-15-16-5-4-6-18(32)9-16/h4-13H,3,14-15H2,1-2H3,(H,33,35)/b24-12+. The molecule has 1 fully saturated rings. The lowest BCUT2D eigenvalue weighted by atomic mass is 10.1. The second-order valence-electron chi connectivity index (χ2n) is 8.68. The number of carbonyl (C=O) groups excluding carboxylic acids is 4. The van der Waals surface area contributed by atoms with E-state index in [9.17, 15) is 23.6 Å². The van der Waals surface area contributed by atoms with Crippen LogP contribution in [0, 0.1) is 5.82 Å². The summed E-state index contributed by atoms with van der Waals surface area (Å²) in [5, 5.41) is 2.09. The highest BCUT2D eigenvalue weighted by atomic mass is 79.9. The van der Waals surface area contributed by atoms with Crippen LogP contribution in [-0.2, 0) is 20.9 Å². The van der Waals surface area contributed by atoms with Crippen molar-refractivity contribution in [1.82, 2.24) is 4.90 Å². The van der Waals surface area contributed by atoms with Crippen molar-refractivity contribution in [2.75, 3.05) is 25.6 Å². The minimum absolute atomic E-state index is 0.0670. The van der Waals surface area contributed by atoms with Crippen LogP contribution in [0.25, 0.3) is 6.08 Å². The quantitative estimate of drug-likeness (QED) is 0.187. The molecule has 0 atom stereocenters. The number of halogens is 3. The first kappa shape index (κ1) is 31.1. The Morgan fingerprint density at radius 3 is 2.64 bits per heavy atom. The summed E-state index contributed by atoms with van der Waals surface area (Å²) >= 11 is 10.2. The molecule has 4 rings (SSSR count). The van der Waals surface area contributed by atoms with Crippen molar-refractivity contribution in [1.29, 1.82) is 0 Å². The zero-order valence-corrected chi connectivity index (χ0v) is 25.4. The first-order valence-corrected chi connectivity index (χ1v) is 14.3. The summed E-state index contributed by atoms with van der Waals surface area (Å²) in [5.41, 5.74) is 1.46. The van der Waals surface area contributed by atoms with E-state index in [-0.39, 0.29) is 40.2 Å². The molecular weight excluding hydrogens is 655 g/mol. The fourth-order valence-electron chi connectivity index (χ4n) is 3.85. The number of nitrogens with zero attached hydrogens (tertiary/aromatic N) is 1. The maximum atomic E-state index is 13.5. The van der Waals surface area contributed by atoms with Crippen LogP contribution in [0.4, 0.5) is 14.9 Å². The molecule has 0 unspecified atom stereocenters. The first-order valence-electron chi connectivity index (χ1n) is 12.4. The second kappa shape index (κ2) is 13.9. The van der Waals surface area contributed by atoms with Crippen LogP contribution in [0.15, 0.2) is 64.0 Å². The Hall–Kier alpha value is -3.87. The monoisotopic (exact) mass is 676 g/mol. The molecule has 0 saturated carbocycles. The Bertz CT molecular complexity index is 1600. The van der Waals surface area contributed by atoms with Gasteiger partial charge in [-0.1, -0.05) is 23.7 Å². The molecule has 0 aliphatic carbocycles. The summed E-state index contributed by atoms with van der Waals surface area (Å²) in [6.45, 7) is 1.35. The number of imide groups is 1. The highest BCUT2D eigenvalue weighted by molar-refractivity contribution is 9.10. The van der Waals surface area contributed by atoms with Crippen LogP contribution in [0.2, 0.25) is 5.02 Å². The topological polar surface area (TPSA) is 111 Å². The van der Waals surface area contributed by atoms with Gasteiger partial charge in [-0.3, -0.25) is 19.3 Å². The van der Waals surface area contributed by atoms with Crippen molar-refractivity contribution in [3.8, 4) is 11.5 Å². The predicted octanol–water partition coefficient (Wildman–Crippen LogP) is 6.68. The molecule has 0 aromatic heterocycles. The van der Waals surface area contributed by atoms with E-state index in [4.69, 9.17) is 25.8 Å². The largest absolute Gasteiger partial charge is 0.493 e. The van der Waals surface area contributed by atoms with Crippen molar-refractivity contribution in [2.24, 2.45) is 0 Å². The Labute approximate surface area is 258 Å². The van der Waals surface area contributed by atoms with E-state index in [2.05, 4.69) is 21.2 Å². The lowest BCUT2D eigenvalue weighted by Crippen LogP contribution is -2.36. The summed E-state index contributed by atoms with van der Waals surface area (Å²) in [4.78, 5) is 51.3. The van der Waals surface area contributed by atoms with Crippen molar-refractivity contribution < 1.29 is 37.8 Å². The molecule has 9 nitrogen and oxygen atoms in total. The smallest absolute Gasteiger partial charge is 0.339 e. The molecular formula is C29H23BrClFN2O7S. The minimum Gasteiger partial charge on any atom is -0.493 e. The molecule has 13 heteroatoms. The maximum absolute atomic E-state index is 13.5. The number of benzene rings is 3. The fraction of sp³-hybridized carbons (Fsp3) is 0.172. The van der Waals surface area contributed by atoms with Gasteiger partial charge in [0.15, 0.2) is 11.5 Å². The van der Waals surface area contributed by atoms with Gasteiger partial charge in [-0.2, -0.15) is 0 Å². The third kappa shape index (κ3) is 7.50. The predicted molar refractivity (Wildman–Crippen MR) is 160 cm³/mol. The molecule has 0 spiro atoms. The molecule has 1 N–H and O–H groups in total. The van der Waals surface area contributed by atoms with Gasteiger partial charge in [-0.25, -0.2) is 9.18 Å². The highest BCUT2D eigenvalue weighted by Gasteiger charge is 2.36. The van der Waals surface area contributed by atoms with Crippen molar-refractivity contribution >= 4 is 74.1 Å². The van der Waals surface area contributed by atoms with Gasteiger partial charge in [0.2, 0.25) is 5.91 Å². The van der Waals surface area contributed by atoms with E-state index in [1.807, 2.05) is 0 Å². The number of carbonyl (C=O) groups is 4. The zero-order chi connectivity index (χ0) is 30.4. The molecule has 0 radical (unpaired) electrons. The van der Waals surface area contributed by atoms with Crippen LogP contribution in [-0.4, -0.2) is 48.2 Å². The first-order chi connectivity index (χ1) is 20.1. The summed E-state index contributed by atoms with van der Waals surface area (Å²) in [6.07, 6.45) is 1.50. The lowest BCUT2D eigenvalue weighted by Gasteiger charge is -2.14. The van der Waals surface area contributed by atoms with E-state index in [0.717, 1.165) is 4.90 Å². The van der Waals surface area contributed by atoms with E-state index < -0.39 is 29.6 Å². The normalized spacial score (nSPS) is 13.8. The third-order valence-electron chi connectivity index (χ3n) is 5.74. The molecule has 218 valence electrons. The summed E-state index contributed by atoms with van der Waals surface area (Å²) < 4.78 is 30.3. The number of anilines is 1. The number of ether oxygens (including phenoxy) is 3. The molecule has 3 aromatic carbocycles. The minimum atomic E-state index is -0.653. The Kier molecular flexibility index (Phi) is 10.3. The molecule has 1 heterocycles. The Balaban J connectivity index is 1.45. The van der Waals surface area contributed by atoms with Crippen LogP contribution >= 0.6 is 39.3 Å². The second-order valence-corrected chi connectivity index (χ2v) is 10.9. The van der Waals surface area contributed by atoms with Gasteiger partial charge in [-0.15, -0.1) is 0 Å². The SMILES string of the molecule is CCOC(=O)c1cc(NC(=O)CN2C(=O)S/C(=C/c3cc(Br)c(OCc4cccc(F)c4)c(OC)c3)C2=O)ccc1Cl. The molecule has 42 heavy (non-hydrogen) atoms. The maximum Gasteiger partial charge on any atom is 0.339 e. The van der Waals surface area contributed by atoms with E-state index in [1.165, 1.54) is 43.5 Å². The average molecular weight is 678 g/mol. The highest BCUT2D eigenvalue weighted by Crippen LogP contribution is 2.39. The van der Waals surface area contributed by atoms with Gasteiger partial charge in [0.05, 0.1) is 33.7 Å². The van der Waals surface area contributed by atoms with Gasteiger partial charge in [0.25, 0.3) is 11.1 Å². The number of amides is 3. The van der Waals surface area contributed by atoms with E-state index in [1.54, 1.807) is 31.2 Å². The lowest BCUT2D eigenvalue weighted by molar-refractivity contribution is -0.127. The van der Waals surface area contributed by atoms with Crippen LogP contribution < -0.4 is 14.8 Å². The zero-order valence-electron chi connectivity index (χ0n) is 22.2. The summed E-state index contributed by atoms with van der Waals surface area (Å²) in [6, 6.07) is 13.6. The number of rotatable bonds is 10. The Morgan fingerprint density at radius 2 is 1.93 bits per heavy atom. The van der Waals surface area contributed by atoms with Crippen LogP contribution in [0.5, 0.6) is 11.5 Å². The molecule has 3 aromatic rings. The fourth-order valence-corrected chi connectivity index (χ4v) is 5.45. The van der Waals surface area contributed by atoms with Crippen LogP contribution in [0.1, 0.15) is 28.4 Å². The number of esters is 1. The van der Waals surface area contributed by atoms with Crippen molar-refractivity contribution in [2.45, 2.75) is 13.5 Å². The van der Waals surface area contributed by atoms with Gasteiger partial charge >= 0.3 is 5.97 Å².